The van der Waals surface area contributed by atoms with Gasteiger partial charge in [0.05, 0.1) is 11.7 Å². The SMILES string of the molecule is CCCS(=O)(=O)CCN1CC2NCCCC2C1=O. The third-order valence-electron chi connectivity index (χ3n) is 3.82. The number of likely N-dealkylation sites (tertiary alicyclic amines) is 1. The summed E-state index contributed by atoms with van der Waals surface area (Å²) in [7, 11) is -2.99. The number of fused-ring (bicyclic) bond motifs is 1. The summed E-state index contributed by atoms with van der Waals surface area (Å²) in [5, 5.41) is 3.35. The molecule has 2 atom stereocenters. The summed E-state index contributed by atoms with van der Waals surface area (Å²) in [5.41, 5.74) is 0. The van der Waals surface area contributed by atoms with Crippen LogP contribution in [0.4, 0.5) is 0 Å². The smallest absolute Gasteiger partial charge is 0.227 e. The summed E-state index contributed by atoms with van der Waals surface area (Å²) < 4.78 is 23.3. The Bertz CT molecular complexity index is 408. The lowest BCUT2D eigenvalue weighted by molar-refractivity contribution is -0.131. The Morgan fingerprint density at radius 1 is 1.39 bits per heavy atom. The molecule has 0 spiro atoms. The Labute approximate surface area is 109 Å². The van der Waals surface area contributed by atoms with Crippen LogP contribution in [0.25, 0.3) is 0 Å². The van der Waals surface area contributed by atoms with Crippen molar-refractivity contribution in [2.75, 3.05) is 31.1 Å². The number of hydrogen-bond donors (Lipinski definition) is 1. The van der Waals surface area contributed by atoms with Gasteiger partial charge in [-0.2, -0.15) is 0 Å². The Kier molecular flexibility index (Phi) is 4.27. The first-order chi connectivity index (χ1) is 8.53. The summed E-state index contributed by atoms with van der Waals surface area (Å²) in [6.45, 7) is 3.86. The molecule has 2 heterocycles. The fourth-order valence-corrected chi connectivity index (χ4v) is 4.19. The van der Waals surface area contributed by atoms with Gasteiger partial charge in [0, 0.05) is 24.9 Å². The molecule has 5 nitrogen and oxygen atoms in total. The monoisotopic (exact) mass is 274 g/mol. The summed E-state index contributed by atoms with van der Waals surface area (Å²) in [6.07, 6.45) is 2.62. The average Bonchev–Trinajstić information content (AvgIpc) is 2.65. The van der Waals surface area contributed by atoms with Gasteiger partial charge in [0.15, 0.2) is 9.84 Å². The van der Waals surface area contributed by atoms with Gasteiger partial charge in [-0.3, -0.25) is 4.79 Å². The molecule has 0 radical (unpaired) electrons. The van der Waals surface area contributed by atoms with Gasteiger partial charge < -0.3 is 10.2 Å². The zero-order chi connectivity index (χ0) is 13.2. The second kappa shape index (κ2) is 5.57. The first-order valence-corrected chi connectivity index (χ1v) is 8.58. The van der Waals surface area contributed by atoms with Crippen LogP contribution in [-0.4, -0.2) is 56.4 Å². The van der Waals surface area contributed by atoms with Crippen molar-refractivity contribution in [1.29, 1.82) is 0 Å². The molecule has 0 aromatic rings. The van der Waals surface area contributed by atoms with Gasteiger partial charge in [0.25, 0.3) is 0 Å². The van der Waals surface area contributed by atoms with E-state index in [1.807, 2.05) is 6.92 Å². The van der Waals surface area contributed by atoms with E-state index < -0.39 is 9.84 Å². The van der Waals surface area contributed by atoms with Crippen LogP contribution in [-0.2, 0) is 14.6 Å². The maximum Gasteiger partial charge on any atom is 0.227 e. The van der Waals surface area contributed by atoms with Crippen LogP contribution in [0.3, 0.4) is 0 Å². The van der Waals surface area contributed by atoms with Crippen LogP contribution >= 0.6 is 0 Å². The number of nitrogens with one attached hydrogen (secondary N) is 1. The highest BCUT2D eigenvalue weighted by molar-refractivity contribution is 7.91. The van der Waals surface area contributed by atoms with Crippen molar-refractivity contribution < 1.29 is 13.2 Å². The zero-order valence-corrected chi connectivity index (χ0v) is 11.7. The predicted octanol–water partition coefficient (Wildman–Crippen LogP) is 0.0216. The van der Waals surface area contributed by atoms with Gasteiger partial charge in [-0.15, -0.1) is 0 Å². The number of hydrogen-bond acceptors (Lipinski definition) is 4. The van der Waals surface area contributed by atoms with Crippen LogP contribution in [0.15, 0.2) is 0 Å². The Hall–Kier alpha value is -0.620. The van der Waals surface area contributed by atoms with Crippen molar-refractivity contribution in [3.63, 3.8) is 0 Å². The van der Waals surface area contributed by atoms with Gasteiger partial charge in [-0.1, -0.05) is 6.92 Å². The number of sulfone groups is 1. The molecule has 6 heteroatoms. The largest absolute Gasteiger partial charge is 0.340 e. The normalized spacial score (nSPS) is 28.5. The maximum absolute atomic E-state index is 12.1. The van der Waals surface area contributed by atoms with E-state index in [4.69, 9.17) is 0 Å². The maximum atomic E-state index is 12.1. The molecule has 2 unspecified atom stereocenters. The Balaban J connectivity index is 1.89. The lowest BCUT2D eigenvalue weighted by atomic mass is 9.94. The van der Waals surface area contributed by atoms with Crippen LogP contribution in [0.5, 0.6) is 0 Å². The van der Waals surface area contributed by atoms with Crippen molar-refractivity contribution in [3.05, 3.63) is 0 Å². The summed E-state index contributed by atoms with van der Waals surface area (Å²) in [5.74, 6) is 0.540. The topological polar surface area (TPSA) is 66.5 Å². The number of piperidine rings is 1. The Morgan fingerprint density at radius 2 is 2.17 bits per heavy atom. The molecule has 2 aliphatic rings. The standard InChI is InChI=1S/C12H22N2O3S/c1-2-7-18(16,17)8-6-14-9-11-10(12(14)15)4-3-5-13-11/h10-11,13H,2-9H2,1H3. The predicted molar refractivity (Wildman–Crippen MR) is 70.0 cm³/mol. The van der Waals surface area contributed by atoms with Gasteiger partial charge in [0.2, 0.25) is 5.91 Å². The van der Waals surface area contributed by atoms with E-state index in [9.17, 15) is 13.2 Å². The molecular formula is C12H22N2O3S. The van der Waals surface area contributed by atoms with Crippen molar-refractivity contribution >= 4 is 15.7 Å². The number of rotatable bonds is 5. The summed E-state index contributed by atoms with van der Waals surface area (Å²) >= 11 is 0. The molecule has 1 N–H and O–H groups in total. The van der Waals surface area contributed by atoms with Crippen LogP contribution in [0.1, 0.15) is 26.2 Å². The number of carbonyl (C=O) groups excluding carboxylic acids is 1. The van der Waals surface area contributed by atoms with Crippen molar-refractivity contribution in [3.8, 4) is 0 Å². The molecule has 0 aromatic heterocycles. The third kappa shape index (κ3) is 3.03. The molecule has 0 aromatic carbocycles. The third-order valence-corrected chi connectivity index (χ3v) is 5.65. The molecule has 0 aliphatic carbocycles. The van der Waals surface area contributed by atoms with Gasteiger partial charge >= 0.3 is 0 Å². The molecule has 1 amide bonds. The van der Waals surface area contributed by atoms with E-state index in [0.29, 0.717) is 19.5 Å². The van der Waals surface area contributed by atoms with Gasteiger partial charge in [-0.25, -0.2) is 8.42 Å². The van der Waals surface area contributed by atoms with E-state index >= 15 is 0 Å². The first-order valence-electron chi connectivity index (χ1n) is 6.76. The molecule has 0 bridgehead atoms. The van der Waals surface area contributed by atoms with E-state index in [-0.39, 0.29) is 29.4 Å². The number of nitrogens with zero attached hydrogens (tertiary/aromatic N) is 1. The highest BCUT2D eigenvalue weighted by Gasteiger charge is 2.41. The summed E-state index contributed by atoms with van der Waals surface area (Å²) in [6, 6.07) is 0.236. The van der Waals surface area contributed by atoms with E-state index in [1.54, 1.807) is 4.90 Å². The molecule has 2 aliphatic heterocycles. The molecule has 18 heavy (non-hydrogen) atoms. The van der Waals surface area contributed by atoms with Gasteiger partial charge in [0.1, 0.15) is 0 Å². The minimum absolute atomic E-state index is 0.0765. The number of amides is 1. The van der Waals surface area contributed by atoms with Crippen LogP contribution in [0, 0.1) is 5.92 Å². The van der Waals surface area contributed by atoms with Crippen LogP contribution < -0.4 is 5.32 Å². The minimum atomic E-state index is -2.99. The highest BCUT2D eigenvalue weighted by atomic mass is 32.2. The van der Waals surface area contributed by atoms with E-state index in [0.717, 1.165) is 19.4 Å². The van der Waals surface area contributed by atoms with E-state index in [1.165, 1.54) is 0 Å². The second-order valence-electron chi connectivity index (χ2n) is 5.25. The molecule has 2 fully saturated rings. The molecule has 0 saturated carbocycles. The van der Waals surface area contributed by atoms with Crippen molar-refractivity contribution in [2.24, 2.45) is 5.92 Å². The molecular weight excluding hydrogens is 252 g/mol. The fraction of sp³-hybridized carbons (Fsp3) is 0.917. The molecule has 104 valence electrons. The lowest BCUT2D eigenvalue weighted by Gasteiger charge is -2.23. The highest BCUT2D eigenvalue weighted by Crippen LogP contribution is 2.26. The Morgan fingerprint density at radius 3 is 2.83 bits per heavy atom. The zero-order valence-electron chi connectivity index (χ0n) is 10.9. The fourth-order valence-electron chi connectivity index (χ4n) is 2.87. The van der Waals surface area contributed by atoms with Gasteiger partial charge in [-0.05, 0) is 25.8 Å². The lowest BCUT2D eigenvalue weighted by Crippen LogP contribution is -2.41. The average molecular weight is 274 g/mol. The number of carbonyl (C=O) groups is 1. The van der Waals surface area contributed by atoms with Crippen molar-refractivity contribution in [1.82, 2.24) is 10.2 Å². The minimum Gasteiger partial charge on any atom is -0.340 e. The first kappa shape index (κ1) is 13.8. The molecule has 2 saturated heterocycles. The quantitative estimate of drug-likeness (QED) is 0.767. The van der Waals surface area contributed by atoms with Crippen molar-refractivity contribution in [2.45, 2.75) is 32.2 Å². The van der Waals surface area contributed by atoms with E-state index in [2.05, 4.69) is 5.32 Å². The second-order valence-corrected chi connectivity index (χ2v) is 7.55. The summed E-state index contributed by atoms with van der Waals surface area (Å²) in [4.78, 5) is 13.8. The molecule has 2 rings (SSSR count). The van der Waals surface area contributed by atoms with Crippen LogP contribution in [0.2, 0.25) is 0 Å².